The Morgan fingerprint density at radius 1 is 0.878 bits per heavy atom. The Morgan fingerprint density at radius 2 is 1.59 bits per heavy atom. The molecule has 1 fully saturated rings. The van der Waals surface area contributed by atoms with Crippen LogP contribution < -0.4 is 4.90 Å². The number of nitrogens with zero attached hydrogens (tertiary/aromatic N) is 9. The van der Waals surface area contributed by atoms with Gasteiger partial charge in [0.25, 0.3) is 5.91 Å². The van der Waals surface area contributed by atoms with Crippen LogP contribution in [0.15, 0.2) is 42.6 Å². The molecule has 0 N–H and O–H groups in total. The summed E-state index contributed by atoms with van der Waals surface area (Å²) in [5.41, 5.74) is 7.04. The van der Waals surface area contributed by atoms with Gasteiger partial charge in [0.1, 0.15) is 5.69 Å². The monoisotopic (exact) mass is 553 g/mol. The van der Waals surface area contributed by atoms with Gasteiger partial charge in [0.15, 0.2) is 5.82 Å². The van der Waals surface area contributed by atoms with Gasteiger partial charge in [-0.1, -0.05) is 12.1 Å². The predicted octanol–water partition coefficient (Wildman–Crippen LogP) is 3.60. The van der Waals surface area contributed by atoms with E-state index in [1.165, 1.54) is 5.69 Å². The third-order valence-corrected chi connectivity index (χ3v) is 8.50. The molecule has 5 heterocycles. The summed E-state index contributed by atoms with van der Waals surface area (Å²) >= 11 is 0. The van der Waals surface area contributed by atoms with E-state index in [1.54, 1.807) is 6.92 Å². The molecule has 1 amide bonds. The van der Waals surface area contributed by atoms with E-state index in [4.69, 9.17) is 0 Å². The van der Waals surface area contributed by atoms with Crippen molar-refractivity contribution in [2.24, 2.45) is 0 Å². The maximum absolute atomic E-state index is 13.8. The number of rotatable bonds is 9. The van der Waals surface area contributed by atoms with Gasteiger partial charge in [0.2, 0.25) is 5.82 Å². The Hall–Kier alpha value is -3.89. The average molecular weight is 554 g/mol. The number of hydrogen-bond donors (Lipinski definition) is 0. The van der Waals surface area contributed by atoms with E-state index in [1.807, 2.05) is 21.6 Å². The minimum atomic E-state index is 0.0991. The number of aromatic nitrogens is 5. The molecule has 0 aliphatic carbocycles. The molecule has 0 unspecified atom stereocenters. The first kappa shape index (κ1) is 27.3. The minimum Gasteiger partial charge on any atom is -0.372 e. The second kappa shape index (κ2) is 11.5. The zero-order valence-electron chi connectivity index (χ0n) is 24.5. The van der Waals surface area contributed by atoms with E-state index in [0.29, 0.717) is 18.2 Å². The van der Waals surface area contributed by atoms with E-state index < -0.39 is 0 Å². The summed E-state index contributed by atoms with van der Waals surface area (Å²) in [6.07, 6.45) is 2.94. The lowest BCUT2D eigenvalue weighted by atomic mass is 10.0. The van der Waals surface area contributed by atoms with Crippen LogP contribution in [-0.4, -0.2) is 105 Å². The zero-order chi connectivity index (χ0) is 28.5. The summed E-state index contributed by atoms with van der Waals surface area (Å²) in [7, 11) is 2.18. The van der Waals surface area contributed by atoms with Gasteiger partial charge < -0.3 is 24.0 Å². The molecule has 10 nitrogen and oxygen atoms in total. The van der Waals surface area contributed by atoms with Gasteiger partial charge in [-0.3, -0.25) is 4.79 Å². The summed E-state index contributed by atoms with van der Waals surface area (Å²) in [5, 5.41) is 16.7. The lowest BCUT2D eigenvalue weighted by Gasteiger charge is -2.32. The molecule has 2 aliphatic heterocycles. The topological polar surface area (TPSA) is 86.0 Å². The van der Waals surface area contributed by atoms with Gasteiger partial charge in [0.05, 0.1) is 5.52 Å². The molecule has 6 rings (SSSR count). The molecular formula is C31H39N9O. The van der Waals surface area contributed by atoms with Crippen molar-refractivity contribution in [1.82, 2.24) is 39.5 Å². The van der Waals surface area contributed by atoms with Crippen molar-refractivity contribution in [3.63, 3.8) is 0 Å². The molecule has 1 aromatic carbocycles. The fraction of sp³-hybridized carbons (Fsp3) is 0.452. The second-order valence-electron chi connectivity index (χ2n) is 11.1. The molecule has 0 spiro atoms. The van der Waals surface area contributed by atoms with Crippen LogP contribution in [0, 0.1) is 6.92 Å². The molecule has 0 atom stereocenters. The number of amides is 1. The van der Waals surface area contributed by atoms with Crippen molar-refractivity contribution in [1.29, 1.82) is 0 Å². The molecule has 1 saturated heterocycles. The van der Waals surface area contributed by atoms with Crippen LogP contribution in [0.4, 0.5) is 5.69 Å². The number of carbonyl (C=O) groups is 1. The molecule has 0 radical (unpaired) electrons. The first-order valence-electron chi connectivity index (χ1n) is 14.7. The van der Waals surface area contributed by atoms with Crippen LogP contribution in [0.2, 0.25) is 0 Å². The van der Waals surface area contributed by atoms with Crippen molar-refractivity contribution < 1.29 is 4.79 Å². The van der Waals surface area contributed by atoms with E-state index in [-0.39, 0.29) is 5.91 Å². The summed E-state index contributed by atoms with van der Waals surface area (Å²) in [5.74, 6) is 1.10. The molecule has 3 aromatic heterocycles. The third kappa shape index (κ3) is 5.29. The van der Waals surface area contributed by atoms with Crippen LogP contribution in [0.1, 0.15) is 42.1 Å². The molecule has 10 heteroatoms. The molecule has 0 saturated carbocycles. The normalized spacial score (nSPS) is 16.1. The lowest BCUT2D eigenvalue weighted by Crippen LogP contribution is -2.45. The number of benzene rings is 1. The zero-order valence-corrected chi connectivity index (χ0v) is 24.5. The van der Waals surface area contributed by atoms with Gasteiger partial charge in [-0.05, 0) is 70.6 Å². The number of piperazine rings is 1. The Labute approximate surface area is 241 Å². The molecule has 214 valence electrons. The van der Waals surface area contributed by atoms with Crippen LogP contribution in [0.25, 0.3) is 28.0 Å². The maximum atomic E-state index is 13.8. The predicted molar refractivity (Wildman–Crippen MR) is 161 cm³/mol. The fourth-order valence-electron chi connectivity index (χ4n) is 6.13. The number of likely N-dealkylation sites (N-methyl/N-ethyl adjacent to an activating group) is 1. The quantitative estimate of drug-likeness (QED) is 0.311. The highest BCUT2D eigenvalue weighted by molar-refractivity contribution is 6.04. The Kier molecular flexibility index (Phi) is 7.68. The highest BCUT2D eigenvalue weighted by Gasteiger charge is 2.35. The Bertz CT molecular complexity index is 1520. The largest absolute Gasteiger partial charge is 0.372 e. The number of anilines is 1. The second-order valence-corrected chi connectivity index (χ2v) is 11.1. The molecule has 2 aliphatic rings. The first-order chi connectivity index (χ1) is 20.0. The summed E-state index contributed by atoms with van der Waals surface area (Å²) in [6.45, 7) is 14.9. The standard InChI is InChI=1S/C31H39N9O/c1-5-38(6-2)25-10-8-23(9-11-25)28-26-21-39(14-7-13-37-18-16-36(4)17-19-37)31(41)29(26)40-15-12-24(20-27(28)40)30-34-32-22(3)33-35-30/h8-12,15,20H,5-7,13-14,16-19,21H2,1-4H3. The van der Waals surface area contributed by atoms with Crippen molar-refractivity contribution in [3.05, 3.63) is 59.7 Å². The van der Waals surface area contributed by atoms with E-state index in [9.17, 15) is 4.79 Å². The molecule has 4 aromatic rings. The van der Waals surface area contributed by atoms with Crippen LogP contribution in [-0.2, 0) is 6.54 Å². The van der Waals surface area contributed by atoms with E-state index in [0.717, 1.165) is 92.2 Å². The van der Waals surface area contributed by atoms with Gasteiger partial charge >= 0.3 is 0 Å². The summed E-state index contributed by atoms with van der Waals surface area (Å²) in [6, 6.07) is 12.7. The van der Waals surface area contributed by atoms with Gasteiger partial charge in [-0.2, -0.15) is 0 Å². The van der Waals surface area contributed by atoms with Gasteiger partial charge in [0, 0.05) is 80.9 Å². The van der Waals surface area contributed by atoms with E-state index >= 15 is 0 Å². The third-order valence-electron chi connectivity index (χ3n) is 8.50. The van der Waals surface area contributed by atoms with Crippen molar-refractivity contribution in [2.75, 3.05) is 64.3 Å². The van der Waals surface area contributed by atoms with E-state index in [2.05, 4.69) is 86.3 Å². The molecule has 41 heavy (non-hydrogen) atoms. The fourth-order valence-corrected chi connectivity index (χ4v) is 6.13. The highest BCUT2D eigenvalue weighted by atomic mass is 16.2. The maximum Gasteiger partial charge on any atom is 0.271 e. The van der Waals surface area contributed by atoms with Gasteiger partial charge in [-0.15, -0.1) is 20.4 Å². The van der Waals surface area contributed by atoms with Crippen molar-refractivity contribution in [3.8, 4) is 22.5 Å². The molecule has 0 bridgehead atoms. The summed E-state index contributed by atoms with van der Waals surface area (Å²) < 4.78 is 2.05. The van der Waals surface area contributed by atoms with Crippen LogP contribution >= 0.6 is 0 Å². The number of carbonyl (C=O) groups excluding carboxylic acids is 1. The first-order valence-corrected chi connectivity index (χ1v) is 14.7. The van der Waals surface area contributed by atoms with Gasteiger partial charge in [-0.25, -0.2) is 0 Å². The Morgan fingerprint density at radius 3 is 2.27 bits per heavy atom. The number of fused-ring (bicyclic) bond motifs is 3. The van der Waals surface area contributed by atoms with Crippen molar-refractivity contribution >= 4 is 17.1 Å². The number of aryl methyl sites for hydroxylation is 1. The molecular weight excluding hydrogens is 514 g/mol. The SMILES string of the molecule is CCN(CC)c1ccc(-c2c3c(n4ccc(-c5nnc(C)nn5)cc24)C(=O)N(CCCN2CCN(C)CC2)C3)cc1. The highest BCUT2D eigenvalue weighted by Crippen LogP contribution is 2.40. The average Bonchev–Trinajstić information content (AvgIpc) is 3.48. The number of pyridine rings is 1. The summed E-state index contributed by atoms with van der Waals surface area (Å²) in [4.78, 5) is 23.1. The Balaban J connectivity index is 1.34. The van der Waals surface area contributed by atoms with Crippen LogP contribution in [0.5, 0.6) is 0 Å². The smallest absolute Gasteiger partial charge is 0.271 e. The van der Waals surface area contributed by atoms with Crippen LogP contribution in [0.3, 0.4) is 0 Å². The number of hydrogen-bond acceptors (Lipinski definition) is 8. The lowest BCUT2D eigenvalue weighted by molar-refractivity contribution is 0.0759. The minimum absolute atomic E-state index is 0.0991. The van der Waals surface area contributed by atoms with Crippen molar-refractivity contribution in [2.45, 2.75) is 33.7 Å².